The number of aliphatic carboxylic acids is 1. The van der Waals surface area contributed by atoms with Gasteiger partial charge in [-0.15, -0.1) is 0 Å². The van der Waals surface area contributed by atoms with Crippen LogP contribution in [0.5, 0.6) is 5.75 Å². The van der Waals surface area contributed by atoms with Crippen molar-refractivity contribution in [2.24, 2.45) is 0 Å². The van der Waals surface area contributed by atoms with E-state index in [0.717, 1.165) is 12.1 Å². The number of carboxylic acid groups (broad SMARTS) is 1. The summed E-state index contributed by atoms with van der Waals surface area (Å²) in [5.74, 6) is -2.06. The molecular weight excluding hydrogens is 213 g/mol. The Balaban J connectivity index is 3.05. The monoisotopic (exact) mass is 227 g/mol. The summed E-state index contributed by atoms with van der Waals surface area (Å²) >= 11 is 0. The van der Waals surface area contributed by atoms with Crippen molar-refractivity contribution in [3.8, 4) is 5.75 Å². The maximum Gasteiger partial charge on any atom is 0.325 e. The van der Waals surface area contributed by atoms with Gasteiger partial charge in [0.25, 0.3) is 0 Å². The second-order valence-electron chi connectivity index (χ2n) is 3.84. The number of carboxylic acids is 1. The molecular formula is C11H14FNO3. The van der Waals surface area contributed by atoms with E-state index in [2.05, 4.69) is 5.32 Å². The highest BCUT2D eigenvalue weighted by Gasteiger charge is 2.21. The number of rotatable bonds is 4. The lowest BCUT2D eigenvalue weighted by Gasteiger charge is -2.17. The molecule has 1 rings (SSSR count). The van der Waals surface area contributed by atoms with Crippen LogP contribution in [0.4, 0.5) is 4.39 Å². The molecule has 0 aliphatic carbocycles. The molecule has 0 heterocycles. The van der Waals surface area contributed by atoms with Gasteiger partial charge in [0.15, 0.2) is 0 Å². The minimum Gasteiger partial charge on any atom is -0.508 e. The third kappa shape index (κ3) is 3.20. The summed E-state index contributed by atoms with van der Waals surface area (Å²) in [6.45, 7) is 3.57. The first-order valence-corrected chi connectivity index (χ1v) is 4.88. The fraction of sp³-hybridized carbons (Fsp3) is 0.364. The first-order chi connectivity index (χ1) is 7.40. The lowest BCUT2D eigenvalue weighted by atomic mass is 10.1. The fourth-order valence-electron chi connectivity index (χ4n) is 1.41. The van der Waals surface area contributed by atoms with Gasteiger partial charge in [-0.3, -0.25) is 10.1 Å². The van der Waals surface area contributed by atoms with Crippen molar-refractivity contribution in [3.05, 3.63) is 29.6 Å². The molecule has 0 aliphatic rings. The van der Waals surface area contributed by atoms with E-state index in [9.17, 15) is 14.3 Å². The van der Waals surface area contributed by atoms with Gasteiger partial charge < -0.3 is 10.2 Å². The molecule has 0 amide bonds. The van der Waals surface area contributed by atoms with Crippen LogP contribution in [0.25, 0.3) is 0 Å². The predicted octanol–water partition coefficient (Wildman–Crippen LogP) is 1.65. The summed E-state index contributed by atoms with van der Waals surface area (Å²) in [6.07, 6.45) is 0. The molecule has 0 aliphatic heterocycles. The van der Waals surface area contributed by atoms with Gasteiger partial charge in [-0.1, -0.05) is 0 Å². The molecule has 0 spiro atoms. The Hall–Kier alpha value is -1.62. The number of aromatic hydroxyl groups is 1. The first kappa shape index (κ1) is 12.4. The minimum absolute atomic E-state index is 0.0634. The topological polar surface area (TPSA) is 69.6 Å². The lowest BCUT2D eigenvalue weighted by molar-refractivity contribution is -0.139. The second kappa shape index (κ2) is 4.94. The second-order valence-corrected chi connectivity index (χ2v) is 3.84. The van der Waals surface area contributed by atoms with Gasteiger partial charge in [0, 0.05) is 12.1 Å². The molecule has 0 aromatic heterocycles. The molecule has 1 aromatic rings. The minimum atomic E-state index is -1.11. The van der Waals surface area contributed by atoms with E-state index in [1.165, 1.54) is 6.07 Å². The van der Waals surface area contributed by atoms with Gasteiger partial charge in [0.05, 0.1) is 0 Å². The molecule has 0 saturated carbocycles. The van der Waals surface area contributed by atoms with Gasteiger partial charge in [0.1, 0.15) is 17.6 Å². The molecule has 5 heteroatoms. The van der Waals surface area contributed by atoms with E-state index >= 15 is 0 Å². The molecule has 4 nitrogen and oxygen atoms in total. The summed E-state index contributed by atoms with van der Waals surface area (Å²) in [5, 5.41) is 21.0. The SMILES string of the molecule is CC(C)NC(C(=O)O)c1cc(O)cc(F)c1. The zero-order valence-corrected chi connectivity index (χ0v) is 9.07. The van der Waals surface area contributed by atoms with Crippen molar-refractivity contribution >= 4 is 5.97 Å². The number of carbonyl (C=O) groups is 1. The van der Waals surface area contributed by atoms with Crippen LogP contribution in [-0.2, 0) is 4.79 Å². The van der Waals surface area contributed by atoms with Crippen LogP contribution >= 0.6 is 0 Å². The van der Waals surface area contributed by atoms with Crippen LogP contribution in [0.15, 0.2) is 18.2 Å². The highest BCUT2D eigenvalue weighted by molar-refractivity contribution is 5.75. The molecule has 0 radical (unpaired) electrons. The Bertz CT molecular complexity index is 373. The molecule has 1 aromatic carbocycles. The number of phenols is 1. The van der Waals surface area contributed by atoms with E-state index in [4.69, 9.17) is 5.11 Å². The average Bonchev–Trinajstić information content (AvgIpc) is 2.11. The molecule has 0 fully saturated rings. The van der Waals surface area contributed by atoms with Gasteiger partial charge >= 0.3 is 5.97 Å². The third-order valence-corrected chi connectivity index (χ3v) is 1.99. The number of phenolic OH excluding ortho intramolecular Hbond substituents is 1. The first-order valence-electron chi connectivity index (χ1n) is 4.88. The largest absolute Gasteiger partial charge is 0.508 e. The molecule has 3 N–H and O–H groups in total. The summed E-state index contributed by atoms with van der Waals surface area (Å²) in [4.78, 5) is 11.0. The Kier molecular flexibility index (Phi) is 3.84. The van der Waals surface area contributed by atoms with Gasteiger partial charge in [-0.25, -0.2) is 4.39 Å². The third-order valence-electron chi connectivity index (χ3n) is 1.99. The van der Waals surface area contributed by atoms with Crippen molar-refractivity contribution < 1.29 is 19.4 Å². The Morgan fingerprint density at radius 3 is 2.44 bits per heavy atom. The van der Waals surface area contributed by atoms with Crippen LogP contribution in [0, 0.1) is 5.82 Å². The summed E-state index contributed by atoms with van der Waals surface area (Å²) in [5.41, 5.74) is 0.193. The van der Waals surface area contributed by atoms with Gasteiger partial charge in [-0.05, 0) is 31.5 Å². The fourth-order valence-corrected chi connectivity index (χ4v) is 1.41. The molecule has 0 saturated heterocycles. The number of halogens is 1. The Morgan fingerprint density at radius 2 is 2.00 bits per heavy atom. The highest BCUT2D eigenvalue weighted by Crippen LogP contribution is 2.21. The van der Waals surface area contributed by atoms with Crippen molar-refractivity contribution in [2.45, 2.75) is 25.9 Å². The van der Waals surface area contributed by atoms with Crippen LogP contribution in [0.3, 0.4) is 0 Å². The van der Waals surface area contributed by atoms with Gasteiger partial charge in [-0.2, -0.15) is 0 Å². The van der Waals surface area contributed by atoms with Crippen LogP contribution in [-0.4, -0.2) is 22.2 Å². The summed E-state index contributed by atoms with van der Waals surface area (Å²) in [7, 11) is 0. The Labute approximate surface area is 92.7 Å². The highest BCUT2D eigenvalue weighted by atomic mass is 19.1. The zero-order chi connectivity index (χ0) is 12.3. The van der Waals surface area contributed by atoms with Crippen LogP contribution < -0.4 is 5.32 Å². The molecule has 88 valence electrons. The van der Waals surface area contributed by atoms with E-state index in [1.807, 2.05) is 0 Å². The summed E-state index contributed by atoms with van der Waals surface area (Å²) < 4.78 is 13.0. The van der Waals surface area contributed by atoms with Crippen molar-refractivity contribution in [1.82, 2.24) is 5.32 Å². The number of benzene rings is 1. The number of hydrogen-bond acceptors (Lipinski definition) is 3. The van der Waals surface area contributed by atoms with Crippen molar-refractivity contribution in [2.75, 3.05) is 0 Å². The van der Waals surface area contributed by atoms with Gasteiger partial charge in [0.2, 0.25) is 0 Å². The quantitative estimate of drug-likeness (QED) is 0.731. The average molecular weight is 227 g/mol. The van der Waals surface area contributed by atoms with E-state index in [0.29, 0.717) is 0 Å². The molecule has 16 heavy (non-hydrogen) atoms. The predicted molar refractivity (Wildman–Crippen MR) is 56.7 cm³/mol. The number of hydrogen-bond donors (Lipinski definition) is 3. The van der Waals surface area contributed by atoms with Crippen LogP contribution in [0.2, 0.25) is 0 Å². The standard InChI is InChI=1S/C11H14FNO3/c1-6(2)13-10(11(15)16)7-3-8(12)5-9(14)4-7/h3-6,10,13-14H,1-2H3,(H,15,16). The van der Waals surface area contributed by atoms with E-state index in [-0.39, 0.29) is 17.4 Å². The van der Waals surface area contributed by atoms with Crippen molar-refractivity contribution in [3.63, 3.8) is 0 Å². The maximum absolute atomic E-state index is 13.0. The molecule has 1 unspecified atom stereocenters. The zero-order valence-electron chi connectivity index (χ0n) is 9.07. The van der Waals surface area contributed by atoms with E-state index in [1.54, 1.807) is 13.8 Å². The normalized spacial score (nSPS) is 12.8. The molecule has 1 atom stereocenters. The van der Waals surface area contributed by atoms with Crippen molar-refractivity contribution in [1.29, 1.82) is 0 Å². The smallest absolute Gasteiger partial charge is 0.325 e. The Morgan fingerprint density at radius 1 is 1.38 bits per heavy atom. The summed E-state index contributed by atoms with van der Waals surface area (Å²) in [6, 6.07) is 2.16. The maximum atomic E-state index is 13.0. The lowest BCUT2D eigenvalue weighted by Crippen LogP contribution is -2.33. The molecule has 0 bridgehead atoms. The number of nitrogens with one attached hydrogen (secondary N) is 1. The van der Waals surface area contributed by atoms with Crippen LogP contribution in [0.1, 0.15) is 25.5 Å². The van der Waals surface area contributed by atoms with E-state index < -0.39 is 17.8 Å².